The van der Waals surface area contributed by atoms with Gasteiger partial charge in [0.1, 0.15) is 0 Å². The van der Waals surface area contributed by atoms with Crippen LogP contribution in [0.2, 0.25) is 0 Å². The van der Waals surface area contributed by atoms with Gasteiger partial charge in [0.25, 0.3) is 0 Å². The highest BCUT2D eigenvalue weighted by molar-refractivity contribution is 5.78. The van der Waals surface area contributed by atoms with Crippen molar-refractivity contribution in [3.63, 3.8) is 0 Å². The van der Waals surface area contributed by atoms with E-state index in [2.05, 4.69) is 97.9 Å². The highest BCUT2D eigenvalue weighted by Crippen LogP contribution is 2.59. The predicted molar refractivity (Wildman–Crippen MR) is 133 cm³/mol. The fourth-order valence-corrected chi connectivity index (χ4v) is 6.16. The Morgan fingerprint density at radius 2 is 1.75 bits per heavy atom. The van der Waals surface area contributed by atoms with Crippen molar-refractivity contribution in [1.82, 2.24) is 10.6 Å². The lowest BCUT2D eigenvalue weighted by Crippen LogP contribution is -2.60. The van der Waals surface area contributed by atoms with Crippen LogP contribution in [0.15, 0.2) is 54.6 Å². The summed E-state index contributed by atoms with van der Waals surface area (Å²) in [4.78, 5) is 15.1. The number of para-hydroxylation sites is 1. The predicted octanol–water partition coefficient (Wildman–Crippen LogP) is 4.68. The number of carbonyl (C=O) groups excluding carboxylic acids is 1. The molecule has 4 rings (SSSR count). The Hall–Kier alpha value is -2.33. The lowest BCUT2D eigenvalue weighted by Gasteiger charge is -2.53. The van der Waals surface area contributed by atoms with Crippen molar-refractivity contribution in [3.8, 4) is 0 Å². The van der Waals surface area contributed by atoms with Gasteiger partial charge in [0.05, 0.1) is 6.54 Å². The Balaban J connectivity index is 1.26. The second kappa shape index (κ2) is 9.27. The molecule has 0 radical (unpaired) electrons. The summed E-state index contributed by atoms with van der Waals surface area (Å²) >= 11 is 0. The van der Waals surface area contributed by atoms with Crippen LogP contribution in [-0.2, 0) is 16.6 Å². The number of nitrogens with one attached hydrogen (secondary N) is 2. The summed E-state index contributed by atoms with van der Waals surface area (Å²) < 4.78 is 0. The van der Waals surface area contributed by atoms with Gasteiger partial charge in [-0.15, -0.1) is 0 Å². The molecule has 0 saturated heterocycles. The molecule has 1 aliphatic heterocycles. The maximum atomic E-state index is 12.7. The van der Waals surface area contributed by atoms with Crippen molar-refractivity contribution in [2.24, 2.45) is 5.41 Å². The second-order valence-electron chi connectivity index (χ2n) is 10.6. The quantitative estimate of drug-likeness (QED) is 0.594. The van der Waals surface area contributed by atoms with Gasteiger partial charge < -0.3 is 15.5 Å². The third-order valence-electron chi connectivity index (χ3n) is 8.21. The van der Waals surface area contributed by atoms with Crippen LogP contribution in [0.1, 0.15) is 57.6 Å². The van der Waals surface area contributed by atoms with Crippen molar-refractivity contribution in [2.45, 2.75) is 70.4 Å². The van der Waals surface area contributed by atoms with Crippen LogP contribution in [0.4, 0.5) is 5.69 Å². The molecule has 2 aliphatic rings. The van der Waals surface area contributed by atoms with Crippen LogP contribution in [0.3, 0.4) is 0 Å². The number of hydrogen-bond donors (Lipinski definition) is 2. The van der Waals surface area contributed by atoms with Crippen molar-refractivity contribution in [1.29, 1.82) is 0 Å². The normalized spacial score (nSPS) is 25.8. The van der Waals surface area contributed by atoms with E-state index in [4.69, 9.17) is 0 Å². The third-order valence-corrected chi connectivity index (χ3v) is 8.21. The summed E-state index contributed by atoms with van der Waals surface area (Å²) in [5.74, 6) is 0.121. The van der Waals surface area contributed by atoms with Crippen LogP contribution in [-0.4, -0.2) is 38.1 Å². The molecule has 1 saturated carbocycles. The lowest BCUT2D eigenvalue weighted by molar-refractivity contribution is -0.121. The molecule has 3 unspecified atom stereocenters. The average Bonchev–Trinajstić information content (AvgIpc) is 3.00. The number of unbranched alkanes of at least 4 members (excludes halogenated alkanes) is 1. The molecule has 1 heterocycles. The van der Waals surface area contributed by atoms with E-state index in [-0.39, 0.29) is 22.8 Å². The molecule has 1 aliphatic carbocycles. The van der Waals surface area contributed by atoms with E-state index in [1.807, 2.05) is 0 Å². The van der Waals surface area contributed by atoms with Crippen molar-refractivity contribution < 1.29 is 4.79 Å². The van der Waals surface area contributed by atoms with Crippen LogP contribution in [0.5, 0.6) is 0 Å². The molecule has 0 aromatic heterocycles. The molecule has 2 N–H and O–H groups in total. The molecule has 1 amide bonds. The highest BCUT2D eigenvalue weighted by atomic mass is 16.2. The van der Waals surface area contributed by atoms with E-state index < -0.39 is 0 Å². The van der Waals surface area contributed by atoms with Gasteiger partial charge in [0.2, 0.25) is 5.91 Å². The van der Waals surface area contributed by atoms with E-state index in [0.29, 0.717) is 12.6 Å². The summed E-state index contributed by atoms with van der Waals surface area (Å²) in [5.41, 5.74) is 4.38. The Labute approximate surface area is 193 Å². The van der Waals surface area contributed by atoms with Gasteiger partial charge in [-0.1, -0.05) is 69.3 Å². The number of hydrogen-bond acceptors (Lipinski definition) is 3. The summed E-state index contributed by atoms with van der Waals surface area (Å²) in [6, 6.07) is 20.1. The number of fused-ring (bicyclic) bond motifs is 3. The molecule has 172 valence electrons. The van der Waals surface area contributed by atoms with Crippen LogP contribution >= 0.6 is 0 Å². The van der Waals surface area contributed by atoms with Crippen LogP contribution < -0.4 is 15.5 Å². The Kier molecular flexibility index (Phi) is 6.62. The van der Waals surface area contributed by atoms with Crippen molar-refractivity contribution in [2.75, 3.05) is 25.0 Å². The largest absolute Gasteiger partial charge is 0.370 e. The molecule has 3 atom stereocenters. The highest BCUT2D eigenvalue weighted by Gasteiger charge is 2.58. The number of nitrogens with zero attached hydrogens (tertiary/aromatic N) is 1. The smallest absolute Gasteiger partial charge is 0.234 e. The van der Waals surface area contributed by atoms with E-state index in [9.17, 15) is 4.79 Å². The standard InChI is InChI=1S/C28H39N3O/c1-27(2)19-22(18-25-28(27,3)23-15-8-9-16-24(23)31(25)4)30-26(32)20-29-17-11-10-14-21-12-6-5-7-13-21/h5-9,12-13,15-16,22,25,29H,10-11,14,17-20H2,1-4H3,(H,30,32). The van der Waals surface area contributed by atoms with Crippen LogP contribution in [0.25, 0.3) is 0 Å². The van der Waals surface area contributed by atoms with E-state index >= 15 is 0 Å². The minimum atomic E-state index is 0.0938. The Morgan fingerprint density at radius 3 is 2.53 bits per heavy atom. The SMILES string of the molecule is CN1c2ccccc2C2(C)C1CC(NC(=O)CNCCCCc1ccccc1)CC2(C)C. The second-order valence-corrected chi connectivity index (χ2v) is 10.6. The fraction of sp³-hybridized carbons (Fsp3) is 0.536. The Morgan fingerprint density at radius 1 is 1.03 bits per heavy atom. The van der Waals surface area contributed by atoms with Gasteiger partial charge in [-0.2, -0.15) is 0 Å². The zero-order chi connectivity index (χ0) is 22.8. The van der Waals surface area contributed by atoms with Gasteiger partial charge >= 0.3 is 0 Å². The van der Waals surface area contributed by atoms with Gasteiger partial charge in [-0.05, 0) is 61.3 Å². The summed E-state index contributed by atoms with van der Waals surface area (Å²) in [6.45, 7) is 8.46. The molecule has 4 heteroatoms. The summed E-state index contributed by atoms with van der Waals surface area (Å²) in [5, 5.41) is 6.68. The van der Waals surface area contributed by atoms with Gasteiger partial charge in [-0.3, -0.25) is 4.79 Å². The van der Waals surface area contributed by atoms with Crippen LogP contribution in [0, 0.1) is 5.41 Å². The number of aryl methyl sites for hydroxylation is 1. The first kappa shape index (κ1) is 22.8. The third kappa shape index (κ3) is 4.30. The first-order valence-electron chi connectivity index (χ1n) is 12.2. The van der Waals surface area contributed by atoms with Crippen molar-refractivity contribution in [3.05, 3.63) is 65.7 Å². The van der Waals surface area contributed by atoms with E-state index in [1.165, 1.54) is 16.8 Å². The molecule has 4 nitrogen and oxygen atoms in total. The first-order valence-corrected chi connectivity index (χ1v) is 12.2. The van der Waals surface area contributed by atoms with E-state index in [0.717, 1.165) is 38.6 Å². The first-order chi connectivity index (χ1) is 15.3. The average molecular weight is 434 g/mol. The maximum absolute atomic E-state index is 12.7. The number of anilines is 1. The fourth-order valence-electron chi connectivity index (χ4n) is 6.16. The molecule has 1 fully saturated rings. The van der Waals surface area contributed by atoms with Gasteiger partial charge in [0, 0.05) is 30.2 Å². The molecular formula is C28H39N3O. The Bertz CT molecular complexity index is 925. The minimum absolute atomic E-state index is 0.0938. The summed E-state index contributed by atoms with van der Waals surface area (Å²) in [6.07, 6.45) is 5.32. The van der Waals surface area contributed by atoms with Crippen molar-refractivity contribution >= 4 is 11.6 Å². The van der Waals surface area contributed by atoms with E-state index in [1.54, 1.807) is 0 Å². The minimum Gasteiger partial charge on any atom is -0.370 e. The number of rotatable bonds is 8. The zero-order valence-corrected chi connectivity index (χ0v) is 20.2. The molecule has 2 aromatic rings. The molecule has 0 spiro atoms. The molecule has 2 aromatic carbocycles. The molecular weight excluding hydrogens is 394 g/mol. The zero-order valence-electron chi connectivity index (χ0n) is 20.2. The topological polar surface area (TPSA) is 44.4 Å². The number of amides is 1. The van der Waals surface area contributed by atoms with Gasteiger partial charge in [-0.25, -0.2) is 0 Å². The molecule has 0 bridgehead atoms. The number of likely N-dealkylation sites (N-methyl/N-ethyl adjacent to an activating group) is 1. The molecule has 32 heavy (non-hydrogen) atoms. The number of benzene rings is 2. The van der Waals surface area contributed by atoms with Gasteiger partial charge in [0.15, 0.2) is 0 Å². The lowest BCUT2D eigenvalue weighted by atomic mass is 9.54. The number of carbonyl (C=O) groups is 1. The monoisotopic (exact) mass is 433 g/mol. The summed E-state index contributed by atoms with van der Waals surface area (Å²) in [7, 11) is 2.21. The maximum Gasteiger partial charge on any atom is 0.234 e.